The third-order valence-corrected chi connectivity index (χ3v) is 2.92. The zero-order chi connectivity index (χ0) is 14.8. The second kappa shape index (κ2) is 9.11. The number of carbonyl (C=O) groups excluding carboxylic acids is 1. The van der Waals surface area contributed by atoms with E-state index in [-0.39, 0.29) is 12.0 Å². The molecule has 4 nitrogen and oxygen atoms in total. The first-order valence-corrected chi connectivity index (χ1v) is 7.07. The minimum atomic E-state index is -0.0492. The fraction of sp³-hybridized carbons (Fsp3) is 0.500. The Morgan fingerprint density at radius 2 is 2.30 bits per heavy atom. The molecule has 1 N–H and O–H groups in total. The molecule has 1 rings (SSSR count). The van der Waals surface area contributed by atoms with Crippen molar-refractivity contribution in [3.8, 4) is 6.07 Å². The Kier molecular flexibility index (Phi) is 7.38. The van der Waals surface area contributed by atoms with Gasteiger partial charge in [-0.2, -0.15) is 5.26 Å². The van der Waals surface area contributed by atoms with E-state index in [1.807, 2.05) is 6.07 Å². The molecule has 0 bridgehead atoms. The highest BCUT2D eigenvalue weighted by Crippen LogP contribution is 2.10. The zero-order valence-corrected chi connectivity index (χ0v) is 12.2. The number of rotatable bonds is 8. The van der Waals surface area contributed by atoms with Crippen LogP contribution >= 0.6 is 0 Å². The lowest BCUT2D eigenvalue weighted by atomic mass is 10.2. The first-order valence-electron chi connectivity index (χ1n) is 7.07. The third-order valence-electron chi connectivity index (χ3n) is 2.92. The van der Waals surface area contributed by atoms with Crippen molar-refractivity contribution in [1.82, 2.24) is 0 Å². The van der Waals surface area contributed by atoms with Gasteiger partial charge in [0, 0.05) is 18.7 Å². The van der Waals surface area contributed by atoms with Crippen LogP contribution in [-0.2, 0) is 9.53 Å². The van der Waals surface area contributed by atoms with E-state index < -0.39 is 0 Å². The number of nitriles is 1. The quantitative estimate of drug-likeness (QED) is 0.738. The van der Waals surface area contributed by atoms with Gasteiger partial charge in [-0.3, -0.25) is 4.79 Å². The summed E-state index contributed by atoms with van der Waals surface area (Å²) in [5.41, 5.74) is 1.20. The number of anilines is 1. The summed E-state index contributed by atoms with van der Waals surface area (Å²) in [5.74, 6) is -0.0492. The Balaban J connectivity index is 2.25. The summed E-state index contributed by atoms with van der Waals surface area (Å²) in [7, 11) is 0. The molecule has 1 aromatic carbocycles. The van der Waals surface area contributed by atoms with E-state index in [4.69, 9.17) is 10.00 Å². The number of nitrogens with zero attached hydrogens (tertiary/aromatic N) is 1. The monoisotopic (exact) mass is 274 g/mol. The van der Waals surface area contributed by atoms with Gasteiger partial charge < -0.3 is 10.1 Å². The van der Waals surface area contributed by atoms with Gasteiger partial charge in [0.2, 0.25) is 5.91 Å². The second-order valence-electron chi connectivity index (χ2n) is 4.81. The maximum Gasteiger partial charge on any atom is 0.224 e. The van der Waals surface area contributed by atoms with Crippen molar-refractivity contribution in [2.24, 2.45) is 0 Å². The van der Waals surface area contributed by atoms with Crippen LogP contribution in [0.1, 0.15) is 45.1 Å². The standard InChI is InChI=1S/C16H22N2O2/c1-3-6-13(2)20-10-5-9-16(19)18-15-8-4-7-14(11-15)12-17/h4,7-8,11,13H,3,5-6,9-10H2,1-2H3,(H,18,19). The molecule has 1 aromatic rings. The molecular weight excluding hydrogens is 252 g/mol. The van der Waals surface area contributed by atoms with Gasteiger partial charge in [0.25, 0.3) is 0 Å². The number of nitrogens with one attached hydrogen (secondary N) is 1. The minimum Gasteiger partial charge on any atom is -0.378 e. The predicted molar refractivity (Wildman–Crippen MR) is 79.3 cm³/mol. The van der Waals surface area contributed by atoms with Gasteiger partial charge in [-0.25, -0.2) is 0 Å². The molecule has 1 atom stereocenters. The highest BCUT2D eigenvalue weighted by molar-refractivity contribution is 5.90. The first-order chi connectivity index (χ1) is 9.65. The number of hydrogen-bond donors (Lipinski definition) is 1. The molecule has 0 radical (unpaired) electrons. The van der Waals surface area contributed by atoms with Crippen molar-refractivity contribution in [2.75, 3.05) is 11.9 Å². The Labute approximate surface area is 120 Å². The van der Waals surface area contributed by atoms with Crippen molar-refractivity contribution in [3.63, 3.8) is 0 Å². The summed E-state index contributed by atoms with van der Waals surface area (Å²) in [6.45, 7) is 4.78. The van der Waals surface area contributed by atoms with Crippen molar-refractivity contribution in [1.29, 1.82) is 5.26 Å². The second-order valence-corrected chi connectivity index (χ2v) is 4.81. The Bertz CT molecular complexity index is 466. The van der Waals surface area contributed by atoms with Crippen molar-refractivity contribution >= 4 is 11.6 Å². The molecule has 0 aliphatic heterocycles. The molecule has 4 heteroatoms. The van der Waals surface area contributed by atoms with Crippen molar-refractivity contribution in [3.05, 3.63) is 29.8 Å². The normalized spacial score (nSPS) is 11.7. The van der Waals surface area contributed by atoms with Crippen LogP contribution in [0.15, 0.2) is 24.3 Å². The SMILES string of the molecule is CCCC(C)OCCCC(=O)Nc1cccc(C#N)c1. The maximum atomic E-state index is 11.7. The summed E-state index contributed by atoms with van der Waals surface area (Å²) in [5, 5.41) is 11.6. The number of hydrogen-bond acceptors (Lipinski definition) is 3. The first kappa shape index (κ1) is 16.2. The molecule has 1 amide bonds. The molecule has 1 unspecified atom stereocenters. The average Bonchev–Trinajstić information content (AvgIpc) is 2.44. The van der Waals surface area contributed by atoms with Crippen LogP contribution in [0.25, 0.3) is 0 Å². The van der Waals surface area contributed by atoms with E-state index in [0.717, 1.165) is 12.8 Å². The van der Waals surface area contributed by atoms with E-state index in [2.05, 4.69) is 19.2 Å². The molecule has 0 aliphatic carbocycles. The Morgan fingerprint density at radius 1 is 1.50 bits per heavy atom. The van der Waals surface area contributed by atoms with Crippen LogP contribution in [-0.4, -0.2) is 18.6 Å². The fourth-order valence-corrected chi connectivity index (χ4v) is 1.90. The smallest absolute Gasteiger partial charge is 0.224 e. The van der Waals surface area contributed by atoms with E-state index >= 15 is 0 Å². The fourth-order valence-electron chi connectivity index (χ4n) is 1.90. The third kappa shape index (κ3) is 6.35. The summed E-state index contributed by atoms with van der Waals surface area (Å²) in [4.78, 5) is 11.7. The molecule has 0 aromatic heterocycles. The summed E-state index contributed by atoms with van der Waals surface area (Å²) in [6, 6.07) is 8.95. The molecule has 108 valence electrons. The van der Waals surface area contributed by atoms with E-state index in [0.29, 0.717) is 30.7 Å². The molecule has 20 heavy (non-hydrogen) atoms. The van der Waals surface area contributed by atoms with Crippen LogP contribution in [0.2, 0.25) is 0 Å². The lowest BCUT2D eigenvalue weighted by Gasteiger charge is -2.11. The molecule has 0 saturated heterocycles. The molecule has 0 heterocycles. The highest BCUT2D eigenvalue weighted by Gasteiger charge is 2.04. The average molecular weight is 274 g/mol. The number of carbonyl (C=O) groups is 1. The Hall–Kier alpha value is -1.86. The summed E-state index contributed by atoms with van der Waals surface area (Å²) >= 11 is 0. The predicted octanol–water partition coefficient (Wildman–Crippen LogP) is 3.48. The molecule has 0 aliphatic rings. The van der Waals surface area contributed by atoms with Gasteiger partial charge in [-0.05, 0) is 38.0 Å². The van der Waals surface area contributed by atoms with Gasteiger partial charge in [-0.15, -0.1) is 0 Å². The van der Waals surface area contributed by atoms with Gasteiger partial charge >= 0.3 is 0 Å². The number of benzene rings is 1. The molecule has 0 fully saturated rings. The van der Waals surface area contributed by atoms with E-state index in [9.17, 15) is 4.79 Å². The van der Waals surface area contributed by atoms with E-state index in [1.54, 1.807) is 24.3 Å². The zero-order valence-electron chi connectivity index (χ0n) is 12.2. The van der Waals surface area contributed by atoms with Gasteiger partial charge in [0.1, 0.15) is 0 Å². The van der Waals surface area contributed by atoms with Crippen molar-refractivity contribution in [2.45, 2.75) is 45.6 Å². The molecule has 0 spiro atoms. The molecule has 0 saturated carbocycles. The highest BCUT2D eigenvalue weighted by atomic mass is 16.5. The topological polar surface area (TPSA) is 62.1 Å². The summed E-state index contributed by atoms with van der Waals surface area (Å²) in [6.07, 6.45) is 3.55. The van der Waals surface area contributed by atoms with Gasteiger partial charge in [-0.1, -0.05) is 19.4 Å². The number of ether oxygens (including phenoxy) is 1. The molecular formula is C16H22N2O2. The van der Waals surface area contributed by atoms with E-state index in [1.165, 1.54) is 0 Å². The minimum absolute atomic E-state index is 0.0492. The largest absolute Gasteiger partial charge is 0.378 e. The summed E-state index contributed by atoms with van der Waals surface area (Å²) < 4.78 is 5.60. The van der Waals surface area contributed by atoms with Crippen LogP contribution in [0, 0.1) is 11.3 Å². The van der Waals surface area contributed by atoms with Crippen LogP contribution in [0.4, 0.5) is 5.69 Å². The van der Waals surface area contributed by atoms with Crippen LogP contribution in [0.3, 0.4) is 0 Å². The number of amides is 1. The van der Waals surface area contributed by atoms with Gasteiger partial charge in [0.15, 0.2) is 0 Å². The van der Waals surface area contributed by atoms with Crippen LogP contribution in [0.5, 0.6) is 0 Å². The Morgan fingerprint density at radius 3 is 3.00 bits per heavy atom. The van der Waals surface area contributed by atoms with Crippen molar-refractivity contribution < 1.29 is 9.53 Å². The maximum absolute atomic E-state index is 11.7. The van der Waals surface area contributed by atoms with Crippen LogP contribution < -0.4 is 5.32 Å². The lowest BCUT2D eigenvalue weighted by Crippen LogP contribution is -2.14. The van der Waals surface area contributed by atoms with Gasteiger partial charge in [0.05, 0.1) is 17.7 Å². The lowest BCUT2D eigenvalue weighted by molar-refractivity contribution is -0.116.